The minimum absolute atomic E-state index is 0.0256. The van der Waals surface area contributed by atoms with Gasteiger partial charge in [-0.2, -0.15) is 13.8 Å². The molecule has 2 saturated carbocycles. The zero-order chi connectivity index (χ0) is 23.0. The van der Waals surface area contributed by atoms with Gasteiger partial charge in [-0.3, -0.25) is 4.21 Å². The monoisotopic (exact) mass is 496 g/mol. The molecule has 0 unspecified atom stereocenters. The first kappa shape index (κ1) is 21.5. The fourth-order valence-electron chi connectivity index (χ4n) is 5.48. The molecule has 4 heterocycles. The van der Waals surface area contributed by atoms with E-state index in [1.54, 1.807) is 12.4 Å². The van der Waals surface area contributed by atoms with Crippen molar-refractivity contribution in [3.05, 3.63) is 28.9 Å². The molecule has 0 amide bonds. The molecule has 2 aliphatic heterocycles. The van der Waals surface area contributed by atoms with Gasteiger partial charge in [0.15, 0.2) is 0 Å². The third-order valence-corrected chi connectivity index (χ3v) is 9.10. The topological polar surface area (TPSA) is 104 Å². The molecule has 2 aromatic rings. The molecule has 6 rings (SSSR count). The maximum atomic E-state index is 14.6. The fraction of sp³-hybridized carbons (Fsp3) is 0.619. The number of hydrogen-bond donors (Lipinski definition) is 2. The van der Waals surface area contributed by atoms with Crippen LogP contribution in [0.1, 0.15) is 49.5 Å². The van der Waals surface area contributed by atoms with Crippen LogP contribution in [-0.2, 0) is 16.7 Å². The lowest BCUT2D eigenvalue weighted by molar-refractivity contribution is 0.0187. The van der Waals surface area contributed by atoms with Crippen molar-refractivity contribution in [3.63, 3.8) is 0 Å². The summed E-state index contributed by atoms with van der Waals surface area (Å²) in [6, 6.07) is 0. The van der Waals surface area contributed by atoms with Crippen molar-refractivity contribution < 1.29 is 18.1 Å². The molecule has 176 valence electrons. The molecule has 8 nitrogen and oxygen atoms in total. The number of fused-ring (bicyclic) bond motifs is 1. The first-order chi connectivity index (χ1) is 15.7. The molecule has 2 N–H and O–H groups in total. The molecule has 3 fully saturated rings. The van der Waals surface area contributed by atoms with Crippen LogP contribution in [0, 0.1) is 5.41 Å². The summed E-state index contributed by atoms with van der Waals surface area (Å²) >= 11 is 5.87. The molecule has 0 aromatic carbocycles. The quantitative estimate of drug-likeness (QED) is 0.651. The first-order valence-electron chi connectivity index (χ1n) is 11.0. The number of rotatable bonds is 5. The minimum Gasteiger partial charge on any atom is -0.394 e. The van der Waals surface area contributed by atoms with Crippen LogP contribution in [0.2, 0.25) is 5.02 Å². The Hall–Kier alpha value is -1.98. The van der Waals surface area contributed by atoms with Crippen LogP contribution < -0.4 is 10.2 Å². The van der Waals surface area contributed by atoms with E-state index in [2.05, 4.69) is 25.3 Å². The molecule has 1 saturated heterocycles. The third kappa shape index (κ3) is 3.42. The van der Waals surface area contributed by atoms with Gasteiger partial charge in [0.2, 0.25) is 5.95 Å². The number of nitrogens with zero attached hydrogens (tertiary/aromatic N) is 5. The SMILES string of the molecule is O=[S@]1CC(F)(F)c2nc(N3CC4(CC(c5ncc(Cl)cn5)C4)C3)nc(NC3(CO)CCC3)c21. The highest BCUT2D eigenvalue weighted by molar-refractivity contribution is 7.85. The van der Waals surface area contributed by atoms with E-state index in [0.29, 0.717) is 31.0 Å². The highest BCUT2D eigenvalue weighted by atomic mass is 35.5. The van der Waals surface area contributed by atoms with Crippen LogP contribution in [0.3, 0.4) is 0 Å². The smallest absolute Gasteiger partial charge is 0.302 e. The molecule has 2 aliphatic carbocycles. The van der Waals surface area contributed by atoms with Gasteiger partial charge in [-0.15, -0.1) is 0 Å². The second-order valence-electron chi connectivity index (χ2n) is 9.88. The molecule has 33 heavy (non-hydrogen) atoms. The number of aliphatic hydroxyl groups excluding tert-OH is 1. The van der Waals surface area contributed by atoms with Gasteiger partial charge in [0.1, 0.15) is 22.2 Å². The Balaban J connectivity index is 1.23. The summed E-state index contributed by atoms with van der Waals surface area (Å²) in [5.41, 5.74) is -0.977. The summed E-state index contributed by atoms with van der Waals surface area (Å²) in [5.74, 6) is -2.62. The molecular weight excluding hydrogens is 474 g/mol. The summed E-state index contributed by atoms with van der Waals surface area (Å²) < 4.78 is 41.8. The Labute approximate surface area is 196 Å². The van der Waals surface area contributed by atoms with E-state index < -0.39 is 33.7 Å². The second kappa shape index (κ2) is 7.26. The number of nitrogens with one attached hydrogen (secondary N) is 1. The highest BCUT2D eigenvalue weighted by Gasteiger charge is 2.55. The molecule has 0 radical (unpaired) electrons. The molecule has 0 bridgehead atoms. The Bertz CT molecular complexity index is 1130. The number of anilines is 2. The van der Waals surface area contributed by atoms with Crippen molar-refractivity contribution in [2.75, 3.05) is 35.7 Å². The van der Waals surface area contributed by atoms with Gasteiger partial charge in [0.25, 0.3) is 0 Å². The lowest BCUT2D eigenvalue weighted by Crippen LogP contribution is -2.62. The van der Waals surface area contributed by atoms with Gasteiger partial charge in [0, 0.05) is 36.8 Å². The molecule has 1 atom stereocenters. The second-order valence-corrected chi connectivity index (χ2v) is 11.7. The van der Waals surface area contributed by atoms with E-state index in [1.165, 1.54) is 0 Å². The van der Waals surface area contributed by atoms with Crippen LogP contribution in [0.15, 0.2) is 17.3 Å². The Morgan fingerprint density at radius 1 is 1.21 bits per heavy atom. The van der Waals surface area contributed by atoms with Crippen molar-refractivity contribution in [1.82, 2.24) is 19.9 Å². The number of halogens is 3. The van der Waals surface area contributed by atoms with Gasteiger partial charge >= 0.3 is 5.92 Å². The van der Waals surface area contributed by atoms with Gasteiger partial charge in [0.05, 0.1) is 33.7 Å². The van der Waals surface area contributed by atoms with Gasteiger partial charge in [-0.05, 0) is 32.1 Å². The molecule has 12 heteroatoms. The zero-order valence-corrected chi connectivity index (χ0v) is 19.3. The summed E-state index contributed by atoms with van der Waals surface area (Å²) in [5, 5.41) is 13.5. The van der Waals surface area contributed by atoms with Crippen molar-refractivity contribution in [1.29, 1.82) is 0 Å². The molecule has 4 aliphatic rings. The van der Waals surface area contributed by atoms with Crippen molar-refractivity contribution in [2.24, 2.45) is 5.41 Å². The lowest BCUT2D eigenvalue weighted by atomic mass is 9.57. The van der Waals surface area contributed by atoms with E-state index in [4.69, 9.17) is 11.6 Å². The zero-order valence-electron chi connectivity index (χ0n) is 17.7. The van der Waals surface area contributed by atoms with Crippen LogP contribution in [0.5, 0.6) is 0 Å². The summed E-state index contributed by atoms with van der Waals surface area (Å²) in [4.78, 5) is 19.2. The third-order valence-electron chi connectivity index (χ3n) is 7.44. The molecule has 2 aromatic heterocycles. The predicted octanol–water partition coefficient (Wildman–Crippen LogP) is 2.84. The molecular formula is C21H23ClF2N6O2S. The van der Waals surface area contributed by atoms with Crippen LogP contribution in [0.25, 0.3) is 0 Å². The van der Waals surface area contributed by atoms with E-state index >= 15 is 0 Å². The standard InChI is InChI=1S/C21H23ClF2N6O2S/c22-13-6-25-16(26-7-13)12-4-19(5-12)8-30(9-19)18-27-15-14(33(32)11-21(15,23)24)17(28-18)29-20(10-31)2-1-3-20/h6-7,12,31H,1-5,8-11H2,(H,27,28,29)/t33-/m0/s1. The van der Waals surface area contributed by atoms with E-state index in [1.807, 2.05) is 4.90 Å². The Kier molecular flexibility index (Phi) is 4.74. The highest BCUT2D eigenvalue weighted by Crippen LogP contribution is 2.56. The minimum atomic E-state index is -3.27. The Morgan fingerprint density at radius 3 is 2.52 bits per heavy atom. The normalized spacial score (nSPS) is 26.3. The average molecular weight is 497 g/mol. The van der Waals surface area contributed by atoms with E-state index in [-0.39, 0.29) is 34.6 Å². The van der Waals surface area contributed by atoms with Gasteiger partial charge < -0.3 is 15.3 Å². The van der Waals surface area contributed by atoms with Crippen LogP contribution in [0.4, 0.5) is 20.5 Å². The van der Waals surface area contributed by atoms with Crippen LogP contribution in [-0.4, -0.2) is 60.2 Å². The van der Waals surface area contributed by atoms with Crippen molar-refractivity contribution >= 4 is 34.2 Å². The fourth-order valence-corrected chi connectivity index (χ4v) is 6.91. The Morgan fingerprint density at radius 2 is 1.91 bits per heavy atom. The van der Waals surface area contributed by atoms with Crippen molar-refractivity contribution in [3.8, 4) is 0 Å². The van der Waals surface area contributed by atoms with Crippen LogP contribution >= 0.6 is 11.6 Å². The van der Waals surface area contributed by atoms with Crippen molar-refractivity contribution in [2.45, 2.75) is 54.4 Å². The number of hydrogen-bond acceptors (Lipinski definition) is 8. The van der Waals surface area contributed by atoms with Gasteiger partial charge in [-0.1, -0.05) is 11.6 Å². The average Bonchev–Trinajstić information content (AvgIpc) is 2.92. The lowest BCUT2D eigenvalue weighted by Gasteiger charge is -2.58. The molecule has 1 spiro atoms. The maximum absolute atomic E-state index is 14.6. The summed E-state index contributed by atoms with van der Waals surface area (Å²) in [6.07, 6.45) is 7.37. The largest absolute Gasteiger partial charge is 0.394 e. The van der Waals surface area contributed by atoms with E-state index in [9.17, 15) is 18.1 Å². The first-order valence-corrected chi connectivity index (χ1v) is 12.7. The predicted molar refractivity (Wildman–Crippen MR) is 118 cm³/mol. The number of aliphatic hydroxyl groups is 1. The van der Waals surface area contributed by atoms with Gasteiger partial charge in [-0.25, -0.2) is 15.0 Å². The number of alkyl halides is 2. The van der Waals surface area contributed by atoms with E-state index in [0.717, 1.165) is 25.1 Å². The number of aromatic nitrogens is 4. The maximum Gasteiger partial charge on any atom is 0.302 e. The summed E-state index contributed by atoms with van der Waals surface area (Å²) in [7, 11) is -1.89. The summed E-state index contributed by atoms with van der Waals surface area (Å²) in [6.45, 7) is 1.19.